The fraction of sp³-hybridized carbons (Fsp3) is 0.667. The van der Waals surface area contributed by atoms with Gasteiger partial charge in [-0.1, -0.05) is 12.2 Å². The van der Waals surface area contributed by atoms with Crippen molar-refractivity contribution in [2.45, 2.75) is 0 Å². The van der Waals surface area contributed by atoms with Crippen molar-refractivity contribution in [2.24, 2.45) is 5.18 Å². The van der Waals surface area contributed by atoms with Crippen LogP contribution in [0, 0.1) is 4.91 Å². The maximum atomic E-state index is 9.53. The molecule has 0 rings (SSSR count). The second-order valence-electron chi connectivity index (χ2n) is 1.25. The van der Waals surface area contributed by atoms with Gasteiger partial charge in [0.15, 0.2) is 6.67 Å². The molecule has 0 aliphatic heterocycles. The number of hydrogen-bond acceptors (Lipinski definition) is 3. The largest absolute Gasteiger partial charge is 0.338 e. The number of nitroso groups, excluding NO2 is 1. The predicted molar refractivity (Wildman–Crippen MR) is 40.0 cm³/mol. The zero-order valence-electron chi connectivity index (χ0n) is 4.37. The summed E-state index contributed by atoms with van der Waals surface area (Å²) >= 11 is 8.36. The topological polar surface area (TPSA) is 32.7 Å². The molecule has 0 aromatic carbocycles. The molecule has 0 aliphatic rings. The lowest BCUT2D eigenvalue weighted by atomic mass is 10.9. The molecule has 3 nitrogen and oxygen atoms in total. The van der Waals surface area contributed by atoms with Gasteiger partial charge < -0.3 is 4.90 Å². The average Bonchev–Trinajstić information content (AvgIpc) is 1.67. The monoisotopic (exact) mass is 150 g/mol. The van der Waals surface area contributed by atoms with Gasteiger partial charge in [0, 0.05) is 7.05 Å². The molecule has 0 heterocycles. The maximum Gasteiger partial charge on any atom is 0.153 e. The van der Waals surface area contributed by atoms with E-state index in [0.717, 1.165) is 0 Å². The maximum absolute atomic E-state index is 9.53. The van der Waals surface area contributed by atoms with E-state index in [0.29, 0.717) is 4.32 Å². The number of nitrogens with zero attached hydrogens (tertiary/aromatic N) is 2. The highest BCUT2D eigenvalue weighted by molar-refractivity contribution is 8.10. The number of hydrogen-bond donors (Lipinski definition) is 1. The summed E-state index contributed by atoms with van der Waals surface area (Å²) in [6.45, 7) is 0.0718. The second-order valence-corrected chi connectivity index (χ2v) is 2.36. The zero-order valence-corrected chi connectivity index (χ0v) is 6.08. The van der Waals surface area contributed by atoms with Crippen molar-refractivity contribution in [3.63, 3.8) is 0 Å². The summed E-state index contributed by atoms with van der Waals surface area (Å²) in [6.07, 6.45) is 0. The van der Waals surface area contributed by atoms with E-state index in [1.165, 1.54) is 4.90 Å². The van der Waals surface area contributed by atoms with Gasteiger partial charge in [-0.3, -0.25) is 0 Å². The van der Waals surface area contributed by atoms with E-state index in [1.807, 2.05) is 0 Å². The van der Waals surface area contributed by atoms with Crippen molar-refractivity contribution in [1.29, 1.82) is 0 Å². The zero-order chi connectivity index (χ0) is 6.57. The van der Waals surface area contributed by atoms with Crippen molar-refractivity contribution in [3.05, 3.63) is 4.91 Å². The average molecular weight is 150 g/mol. The molecule has 0 amide bonds. The highest BCUT2D eigenvalue weighted by Crippen LogP contribution is 1.90. The quantitative estimate of drug-likeness (QED) is 0.360. The Hall–Kier alpha value is -0.160. The first kappa shape index (κ1) is 7.84. The van der Waals surface area contributed by atoms with E-state index >= 15 is 0 Å². The first-order valence-electron chi connectivity index (χ1n) is 1.91. The molecule has 0 aromatic heterocycles. The van der Waals surface area contributed by atoms with Gasteiger partial charge in [-0.15, -0.1) is 17.5 Å². The Bertz CT molecular complexity index is 105. The third-order valence-corrected chi connectivity index (χ3v) is 1.25. The van der Waals surface area contributed by atoms with E-state index in [-0.39, 0.29) is 6.67 Å². The van der Waals surface area contributed by atoms with Crippen LogP contribution in [0.1, 0.15) is 0 Å². The van der Waals surface area contributed by atoms with Crippen molar-refractivity contribution in [1.82, 2.24) is 4.90 Å². The molecule has 0 spiro atoms. The second kappa shape index (κ2) is 3.80. The summed E-state index contributed by atoms with van der Waals surface area (Å²) < 4.78 is 0.379. The lowest BCUT2D eigenvalue weighted by Gasteiger charge is -2.09. The van der Waals surface area contributed by atoms with Crippen molar-refractivity contribution in [2.75, 3.05) is 13.7 Å². The molecule has 0 aliphatic carbocycles. The van der Waals surface area contributed by atoms with E-state index in [4.69, 9.17) is 0 Å². The molecular formula is C3H6N2OS2. The predicted octanol–water partition coefficient (Wildman–Crippen LogP) is 0.857. The molecule has 0 N–H and O–H groups in total. The summed E-state index contributed by atoms with van der Waals surface area (Å²) in [4.78, 5) is 11.0. The van der Waals surface area contributed by atoms with Crippen molar-refractivity contribution >= 4 is 29.2 Å². The number of rotatable bonds is 2. The van der Waals surface area contributed by atoms with Gasteiger partial charge in [0.05, 0.1) is 0 Å². The van der Waals surface area contributed by atoms with Crippen LogP contribution in [0.25, 0.3) is 0 Å². The SMILES string of the molecule is CN(CN=O)C(=S)S. The van der Waals surface area contributed by atoms with E-state index in [1.54, 1.807) is 7.05 Å². The lowest BCUT2D eigenvalue weighted by Crippen LogP contribution is -2.19. The van der Waals surface area contributed by atoms with E-state index in [2.05, 4.69) is 30.0 Å². The normalized spacial score (nSPS) is 8.25. The highest BCUT2D eigenvalue weighted by Gasteiger charge is 1.94. The minimum atomic E-state index is 0.0718. The molecule has 46 valence electrons. The minimum Gasteiger partial charge on any atom is -0.338 e. The fourth-order valence-electron chi connectivity index (χ4n) is 0.147. The molecule has 8 heavy (non-hydrogen) atoms. The molecule has 0 radical (unpaired) electrons. The molecule has 5 heteroatoms. The van der Waals surface area contributed by atoms with Gasteiger partial charge >= 0.3 is 0 Å². The first-order chi connectivity index (χ1) is 3.68. The van der Waals surface area contributed by atoms with Gasteiger partial charge in [-0.25, -0.2) is 0 Å². The summed E-state index contributed by atoms with van der Waals surface area (Å²) in [7, 11) is 1.65. The van der Waals surface area contributed by atoms with Crippen LogP contribution in [0.2, 0.25) is 0 Å². The standard InChI is InChI=1S/C3H6N2OS2/c1-5(2-4-6)3(7)8/h2H2,1H3,(H,7,8). The lowest BCUT2D eigenvalue weighted by molar-refractivity contribution is 0.540. The van der Waals surface area contributed by atoms with E-state index < -0.39 is 0 Å². The van der Waals surface area contributed by atoms with E-state index in [9.17, 15) is 4.91 Å². The smallest absolute Gasteiger partial charge is 0.153 e. The van der Waals surface area contributed by atoms with Crippen LogP contribution in [-0.2, 0) is 0 Å². The van der Waals surface area contributed by atoms with Gasteiger partial charge in [-0.05, 0) is 5.18 Å². The summed E-state index contributed by atoms with van der Waals surface area (Å²) in [6, 6.07) is 0. The Morgan fingerprint density at radius 2 is 2.50 bits per heavy atom. The van der Waals surface area contributed by atoms with Crippen molar-refractivity contribution < 1.29 is 0 Å². The van der Waals surface area contributed by atoms with Gasteiger partial charge in [0.2, 0.25) is 0 Å². The molecule has 0 saturated carbocycles. The van der Waals surface area contributed by atoms with Crippen molar-refractivity contribution in [3.8, 4) is 0 Å². The molecular weight excluding hydrogens is 144 g/mol. The Kier molecular flexibility index (Phi) is 3.72. The Balaban J connectivity index is 3.46. The summed E-state index contributed by atoms with van der Waals surface area (Å²) in [5.74, 6) is 0. The van der Waals surface area contributed by atoms with Gasteiger partial charge in [0.1, 0.15) is 4.32 Å². The molecule has 0 unspecified atom stereocenters. The Morgan fingerprint density at radius 1 is 2.00 bits per heavy atom. The minimum absolute atomic E-state index is 0.0718. The highest BCUT2D eigenvalue weighted by atomic mass is 32.1. The molecule has 0 bridgehead atoms. The summed E-state index contributed by atoms with van der Waals surface area (Å²) in [5, 5.41) is 2.60. The van der Waals surface area contributed by atoms with Crippen LogP contribution in [-0.4, -0.2) is 22.9 Å². The Morgan fingerprint density at radius 3 is 2.62 bits per heavy atom. The molecule has 0 fully saturated rings. The summed E-state index contributed by atoms with van der Waals surface area (Å²) in [5.41, 5.74) is 0. The Labute approximate surface area is 58.4 Å². The molecule has 0 atom stereocenters. The molecule has 0 saturated heterocycles. The number of thiol groups is 1. The van der Waals surface area contributed by atoms with Crippen LogP contribution >= 0.6 is 24.8 Å². The van der Waals surface area contributed by atoms with Crippen LogP contribution in [0.5, 0.6) is 0 Å². The molecule has 0 aromatic rings. The third kappa shape index (κ3) is 2.92. The third-order valence-electron chi connectivity index (χ3n) is 0.596. The fourth-order valence-corrected chi connectivity index (χ4v) is 0.268. The van der Waals surface area contributed by atoms with Crippen LogP contribution in [0.4, 0.5) is 0 Å². The van der Waals surface area contributed by atoms with Crippen LogP contribution in [0.3, 0.4) is 0 Å². The van der Waals surface area contributed by atoms with Gasteiger partial charge in [-0.2, -0.15) is 0 Å². The van der Waals surface area contributed by atoms with Gasteiger partial charge in [0.25, 0.3) is 0 Å². The first-order valence-corrected chi connectivity index (χ1v) is 2.77. The number of thiocarbonyl (C=S) groups is 1. The van der Waals surface area contributed by atoms with Crippen LogP contribution < -0.4 is 0 Å². The van der Waals surface area contributed by atoms with Crippen LogP contribution in [0.15, 0.2) is 5.18 Å².